The lowest BCUT2D eigenvalue weighted by atomic mass is 9.68. The van der Waals surface area contributed by atoms with Crippen molar-refractivity contribution >= 4 is 18.2 Å². The molecule has 7 rings (SSSR count). The Morgan fingerprint density at radius 2 is 1.31 bits per heavy atom. The Hall–Kier alpha value is -3.72. The van der Waals surface area contributed by atoms with Crippen LogP contribution in [0.4, 0.5) is 0 Å². The fourth-order valence-electron chi connectivity index (χ4n) is 9.94. The average Bonchev–Trinajstić information content (AvgIpc) is 3.88. The van der Waals surface area contributed by atoms with Gasteiger partial charge in [0.1, 0.15) is 34.1 Å². The Morgan fingerprint density at radius 3 is 1.88 bits per heavy atom. The Labute approximate surface area is 295 Å². The van der Waals surface area contributed by atoms with Crippen LogP contribution in [0.1, 0.15) is 120 Å². The summed E-state index contributed by atoms with van der Waals surface area (Å²) in [7, 11) is 0. The van der Waals surface area contributed by atoms with E-state index in [-0.39, 0.29) is 16.8 Å². The van der Waals surface area contributed by atoms with Crippen LogP contribution in [0.3, 0.4) is 0 Å². The lowest BCUT2D eigenvalue weighted by Gasteiger charge is -2.48. The summed E-state index contributed by atoms with van der Waals surface area (Å²) in [6.07, 6.45) is 22.1. The van der Waals surface area contributed by atoms with Gasteiger partial charge >= 0.3 is 0 Å². The first-order valence-electron chi connectivity index (χ1n) is 19.1. The quantitative estimate of drug-likeness (QED) is 0.183. The molecule has 49 heavy (non-hydrogen) atoms. The summed E-state index contributed by atoms with van der Waals surface area (Å²) < 4.78 is 21.6. The molecule has 5 unspecified atom stereocenters. The van der Waals surface area contributed by atoms with Crippen LogP contribution in [0.5, 0.6) is 17.2 Å². The highest BCUT2D eigenvalue weighted by molar-refractivity contribution is 5.80. The van der Waals surface area contributed by atoms with Crippen molar-refractivity contribution in [2.45, 2.75) is 121 Å². The van der Waals surface area contributed by atoms with Crippen LogP contribution in [-0.4, -0.2) is 16.8 Å². The fraction of sp³-hybridized carbons (Fsp3) is 0.478. The Kier molecular flexibility index (Phi) is 9.57. The highest BCUT2D eigenvalue weighted by atomic mass is 16.5. The molecule has 258 valence electrons. The molecular formula is C46H56O3. The largest absolute Gasteiger partial charge is 0.487 e. The van der Waals surface area contributed by atoms with Crippen LogP contribution < -0.4 is 14.2 Å². The third kappa shape index (κ3) is 6.75. The van der Waals surface area contributed by atoms with E-state index in [1.807, 2.05) is 18.2 Å². The molecule has 2 bridgehead atoms. The van der Waals surface area contributed by atoms with Gasteiger partial charge in [0.2, 0.25) is 0 Å². The number of hydrogen-bond acceptors (Lipinski definition) is 3. The van der Waals surface area contributed by atoms with E-state index in [2.05, 4.69) is 94.2 Å². The summed E-state index contributed by atoms with van der Waals surface area (Å²) in [5.74, 6) is 4.60. The zero-order chi connectivity index (χ0) is 34.1. The van der Waals surface area contributed by atoms with Crippen molar-refractivity contribution in [2.24, 2.45) is 17.8 Å². The van der Waals surface area contributed by atoms with Gasteiger partial charge in [-0.15, -0.1) is 0 Å². The molecular weight excluding hydrogens is 601 g/mol. The molecule has 0 aliphatic heterocycles. The third-order valence-corrected chi connectivity index (χ3v) is 12.9. The van der Waals surface area contributed by atoms with E-state index >= 15 is 0 Å². The van der Waals surface area contributed by atoms with Crippen LogP contribution in [-0.2, 0) is 0 Å². The minimum Gasteiger partial charge on any atom is -0.487 e. The molecule has 4 saturated carbocycles. The molecule has 3 aromatic rings. The smallest absolute Gasteiger partial charge is 0.128 e. The number of benzene rings is 3. The summed E-state index contributed by atoms with van der Waals surface area (Å²) in [6, 6.07) is 21.6. The molecule has 0 radical (unpaired) electrons. The zero-order valence-electron chi connectivity index (χ0n) is 30.0. The summed E-state index contributed by atoms with van der Waals surface area (Å²) >= 11 is 0. The van der Waals surface area contributed by atoms with Crippen molar-refractivity contribution in [1.82, 2.24) is 0 Å². The maximum atomic E-state index is 7.42. The van der Waals surface area contributed by atoms with E-state index < -0.39 is 0 Å². The van der Waals surface area contributed by atoms with E-state index in [1.54, 1.807) is 0 Å². The van der Waals surface area contributed by atoms with E-state index in [0.29, 0.717) is 11.8 Å². The average molecular weight is 657 g/mol. The number of fused-ring (bicyclic) bond motifs is 2. The molecule has 0 spiro atoms. The molecule has 0 N–H and O–H groups in total. The van der Waals surface area contributed by atoms with Crippen molar-refractivity contribution in [3.8, 4) is 28.4 Å². The minimum absolute atomic E-state index is 0.108. The highest BCUT2D eigenvalue weighted by Crippen LogP contribution is 2.57. The zero-order valence-corrected chi connectivity index (χ0v) is 30.0. The second kappa shape index (κ2) is 13.9. The summed E-state index contributed by atoms with van der Waals surface area (Å²) in [4.78, 5) is 0. The van der Waals surface area contributed by atoms with E-state index in [1.165, 1.54) is 44.9 Å². The normalized spacial score (nSPS) is 28.6. The topological polar surface area (TPSA) is 27.7 Å². The van der Waals surface area contributed by atoms with Crippen LogP contribution >= 0.6 is 0 Å². The van der Waals surface area contributed by atoms with Gasteiger partial charge in [-0.1, -0.05) is 75.6 Å². The lowest BCUT2D eigenvalue weighted by Crippen LogP contribution is -2.51. The van der Waals surface area contributed by atoms with E-state index in [4.69, 9.17) is 14.2 Å². The number of hydrogen-bond donors (Lipinski definition) is 0. The molecule has 0 amide bonds. The van der Waals surface area contributed by atoms with Crippen LogP contribution in [0.2, 0.25) is 0 Å². The van der Waals surface area contributed by atoms with E-state index in [0.717, 1.165) is 95.9 Å². The van der Waals surface area contributed by atoms with Crippen LogP contribution in [0.15, 0.2) is 80.4 Å². The van der Waals surface area contributed by atoms with Crippen LogP contribution in [0, 0.1) is 17.8 Å². The van der Waals surface area contributed by atoms with Gasteiger partial charge in [0.05, 0.1) is 0 Å². The van der Waals surface area contributed by atoms with Gasteiger partial charge in [0, 0.05) is 17.0 Å². The molecule has 3 aromatic carbocycles. The van der Waals surface area contributed by atoms with Gasteiger partial charge in [0.25, 0.3) is 0 Å². The van der Waals surface area contributed by atoms with Gasteiger partial charge in [-0.05, 0) is 155 Å². The molecule has 3 nitrogen and oxygen atoms in total. The van der Waals surface area contributed by atoms with Crippen molar-refractivity contribution in [3.05, 3.63) is 97.1 Å². The minimum atomic E-state index is -0.319. The predicted octanol–water partition coefficient (Wildman–Crippen LogP) is 12.7. The predicted molar refractivity (Wildman–Crippen MR) is 205 cm³/mol. The van der Waals surface area contributed by atoms with Crippen molar-refractivity contribution in [1.29, 1.82) is 0 Å². The molecule has 0 heterocycles. The number of rotatable bonds is 13. The van der Waals surface area contributed by atoms with Crippen molar-refractivity contribution in [2.75, 3.05) is 0 Å². The first-order valence-corrected chi connectivity index (χ1v) is 19.1. The summed E-state index contributed by atoms with van der Waals surface area (Å²) in [5.41, 5.74) is 4.85. The maximum Gasteiger partial charge on any atom is 0.128 e. The SMILES string of the molecule is C=Cc1ccc(OC2(CC3CCCCC3(C)Oc3ccc(C=C)cc3-c3cc(C=C)ccc3OC3(CC)CCCC3)CC3CCC2C3)cc1. The molecule has 4 aliphatic rings. The third-order valence-electron chi connectivity index (χ3n) is 12.9. The molecule has 5 atom stereocenters. The van der Waals surface area contributed by atoms with Crippen molar-refractivity contribution < 1.29 is 14.2 Å². The lowest BCUT2D eigenvalue weighted by molar-refractivity contribution is -0.0704. The van der Waals surface area contributed by atoms with Gasteiger partial charge in [-0.2, -0.15) is 0 Å². The Balaban J connectivity index is 1.23. The van der Waals surface area contributed by atoms with Gasteiger partial charge in [-0.25, -0.2) is 0 Å². The van der Waals surface area contributed by atoms with Crippen LogP contribution in [0.25, 0.3) is 29.4 Å². The molecule has 3 heteroatoms. The fourth-order valence-corrected chi connectivity index (χ4v) is 9.94. The monoisotopic (exact) mass is 656 g/mol. The first-order chi connectivity index (χ1) is 23.8. The molecule has 4 aliphatic carbocycles. The Bertz CT molecular complexity index is 1660. The van der Waals surface area contributed by atoms with Gasteiger partial charge in [0.15, 0.2) is 0 Å². The second-order valence-electron chi connectivity index (χ2n) is 15.8. The standard InChI is InChI=1S/C46H56O3/c1-6-33-16-21-39(22-17-33)47-46(31-36-15-20-37(46)28-36)32-38-14-10-11-25-44(38,5)48-42-23-18-34(7-2)29-40(42)41-30-35(8-3)19-24-43(41)49-45(9-4)26-12-13-27-45/h6-8,16-19,21-24,29-30,36-38H,1-3,9-15,20,25-28,31-32H2,4-5H3. The van der Waals surface area contributed by atoms with Gasteiger partial charge in [-0.3, -0.25) is 0 Å². The molecule has 0 saturated heterocycles. The maximum absolute atomic E-state index is 7.42. The highest BCUT2D eigenvalue weighted by Gasteiger charge is 2.56. The number of ether oxygens (including phenoxy) is 3. The second-order valence-corrected chi connectivity index (χ2v) is 15.8. The molecule has 0 aromatic heterocycles. The Morgan fingerprint density at radius 1 is 0.694 bits per heavy atom. The van der Waals surface area contributed by atoms with E-state index in [9.17, 15) is 0 Å². The first kappa shape index (κ1) is 33.8. The summed E-state index contributed by atoms with van der Waals surface area (Å²) in [6.45, 7) is 16.8. The molecule has 4 fully saturated rings. The van der Waals surface area contributed by atoms with Crippen molar-refractivity contribution in [3.63, 3.8) is 0 Å². The summed E-state index contributed by atoms with van der Waals surface area (Å²) in [5, 5.41) is 0. The van der Waals surface area contributed by atoms with Gasteiger partial charge < -0.3 is 14.2 Å².